The maximum atomic E-state index is 5.45. The molecule has 0 saturated heterocycles. The zero-order valence-corrected chi connectivity index (χ0v) is 7.23. The number of rotatable bonds is 1. The Kier molecular flexibility index (Phi) is 1.94. The number of nitrogens with zero attached hydrogens (tertiary/aromatic N) is 1. The van der Waals surface area contributed by atoms with Crippen LogP contribution in [-0.2, 0) is 0 Å². The first-order valence-corrected chi connectivity index (χ1v) is 4.04. The Morgan fingerprint density at radius 1 is 1.50 bits per heavy atom. The highest BCUT2D eigenvalue weighted by molar-refractivity contribution is 7.11. The van der Waals surface area contributed by atoms with E-state index in [0.29, 0.717) is 0 Å². The molecule has 0 N–H and O–H groups in total. The highest BCUT2D eigenvalue weighted by atomic mass is 32.1. The number of aromatic nitrogens is 1. The van der Waals surface area contributed by atoms with Crippen LogP contribution in [0.15, 0.2) is 11.6 Å². The molecule has 0 aliphatic carbocycles. The van der Waals surface area contributed by atoms with Gasteiger partial charge in [-0.1, -0.05) is 11.3 Å². The molecule has 56 valence electrons. The predicted octanol–water partition coefficient (Wildman–Crippen LogP) is 2.32. The first-order chi connectivity index (χ1) is 4.58. The van der Waals surface area contributed by atoms with Gasteiger partial charge < -0.3 is 4.74 Å². The van der Waals surface area contributed by atoms with E-state index in [0.717, 1.165) is 5.19 Å². The second kappa shape index (κ2) is 2.58. The molecule has 0 radical (unpaired) electrons. The SMILES string of the molecule is CC(C)(C)Oc1nccs1. The Morgan fingerprint density at radius 3 is 2.60 bits per heavy atom. The monoisotopic (exact) mass is 157 g/mol. The summed E-state index contributed by atoms with van der Waals surface area (Å²) in [6.07, 6.45) is 1.74. The van der Waals surface area contributed by atoms with Crippen LogP contribution in [0.2, 0.25) is 0 Å². The molecule has 0 bridgehead atoms. The second-order valence-corrected chi connectivity index (χ2v) is 3.87. The van der Waals surface area contributed by atoms with Crippen LogP contribution in [0.1, 0.15) is 20.8 Å². The van der Waals surface area contributed by atoms with Gasteiger partial charge in [-0.05, 0) is 20.8 Å². The summed E-state index contributed by atoms with van der Waals surface area (Å²) in [4.78, 5) is 4.00. The van der Waals surface area contributed by atoms with Gasteiger partial charge in [0.2, 0.25) is 0 Å². The average Bonchev–Trinajstić information content (AvgIpc) is 2.12. The Bertz CT molecular complexity index is 188. The van der Waals surface area contributed by atoms with Crippen molar-refractivity contribution in [3.8, 4) is 5.19 Å². The highest BCUT2D eigenvalue weighted by Gasteiger charge is 2.12. The van der Waals surface area contributed by atoms with E-state index in [1.54, 1.807) is 6.20 Å². The van der Waals surface area contributed by atoms with Gasteiger partial charge in [0.1, 0.15) is 5.60 Å². The lowest BCUT2D eigenvalue weighted by atomic mass is 10.2. The molecule has 10 heavy (non-hydrogen) atoms. The smallest absolute Gasteiger partial charge is 0.273 e. The number of hydrogen-bond donors (Lipinski definition) is 0. The molecule has 0 aromatic carbocycles. The van der Waals surface area contributed by atoms with Crippen LogP contribution in [0, 0.1) is 0 Å². The zero-order chi connectivity index (χ0) is 7.61. The number of ether oxygens (including phenoxy) is 1. The second-order valence-electron chi connectivity index (χ2n) is 3.01. The molecular weight excluding hydrogens is 146 g/mol. The van der Waals surface area contributed by atoms with Crippen LogP contribution in [0.5, 0.6) is 5.19 Å². The van der Waals surface area contributed by atoms with Gasteiger partial charge in [0.05, 0.1) is 0 Å². The Labute approximate surface area is 64.9 Å². The van der Waals surface area contributed by atoms with Crippen molar-refractivity contribution in [1.29, 1.82) is 0 Å². The summed E-state index contributed by atoms with van der Waals surface area (Å²) in [6, 6.07) is 0. The van der Waals surface area contributed by atoms with Gasteiger partial charge in [0, 0.05) is 11.6 Å². The van der Waals surface area contributed by atoms with Crippen molar-refractivity contribution < 1.29 is 4.74 Å². The molecule has 1 rings (SSSR count). The Hall–Kier alpha value is -0.570. The minimum atomic E-state index is -0.127. The van der Waals surface area contributed by atoms with Crippen molar-refractivity contribution in [2.45, 2.75) is 26.4 Å². The van der Waals surface area contributed by atoms with Gasteiger partial charge in [-0.25, -0.2) is 4.98 Å². The summed E-state index contributed by atoms with van der Waals surface area (Å²) in [5.74, 6) is 0. The summed E-state index contributed by atoms with van der Waals surface area (Å²) in [5.41, 5.74) is -0.127. The molecule has 0 amide bonds. The maximum Gasteiger partial charge on any atom is 0.273 e. The molecule has 2 nitrogen and oxygen atoms in total. The van der Waals surface area contributed by atoms with Crippen molar-refractivity contribution in [2.24, 2.45) is 0 Å². The molecule has 1 aromatic rings. The lowest BCUT2D eigenvalue weighted by Gasteiger charge is -2.18. The molecule has 0 aliphatic heterocycles. The minimum absolute atomic E-state index is 0.127. The first kappa shape index (κ1) is 7.54. The molecule has 0 unspecified atom stereocenters. The van der Waals surface area contributed by atoms with E-state index in [1.807, 2.05) is 26.2 Å². The first-order valence-electron chi connectivity index (χ1n) is 3.16. The molecule has 0 spiro atoms. The fourth-order valence-electron chi connectivity index (χ4n) is 0.523. The normalized spacial score (nSPS) is 11.5. The molecule has 0 fully saturated rings. The molecular formula is C7H11NOS. The van der Waals surface area contributed by atoms with Crippen LogP contribution >= 0.6 is 11.3 Å². The van der Waals surface area contributed by atoms with Crippen molar-refractivity contribution >= 4 is 11.3 Å². The third kappa shape index (κ3) is 2.35. The molecule has 1 heterocycles. The van der Waals surface area contributed by atoms with Crippen LogP contribution < -0.4 is 4.74 Å². The van der Waals surface area contributed by atoms with E-state index in [2.05, 4.69) is 4.98 Å². The van der Waals surface area contributed by atoms with E-state index in [-0.39, 0.29) is 5.60 Å². The average molecular weight is 157 g/mol. The summed E-state index contributed by atoms with van der Waals surface area (Å²) in [7, 11) is 0. The lowest BCUT2D eigenvalue weighted by molar-refractivity contribution is 0.130. The molecule has 0 saturated carbocycles. The third-order valence-corrected chi connectivity index (χ3v) is 1.45. The summed E-state index contributed by atoms with van der Waals surface area (Å²) < 4.78 is 5.45. The summed E-state index contributed by atoms with van der Waals surface area (Å²) >= 11 is 1.52. The lowest BCUT2D eigenvalue weighted by Crippen LogP contribution is -2.22. The van der Waals surface area contributed by atoms with Crippen LogP contribution in [0.3, 0.4) is 0 Å². The molecule has 1 aromatic heterocycles. The van der Waals surface area contributed by atoms with E-state index >= 15 is 0 Å². The fourth-order valence-corrected chi connectivity index (χ4v) is 1.18. The summed E-state index contributed by atoms with van der Waals surface area (Å²) in [6.45, 7) is 6.02. The van der Waals surface area contributed by atoms with Gasteiger partial charge in [-0.15, -0.1) is 0 Å². The van der Waals surface area contributed by atoms with Gasteiger partial charge in [0.25, 0.3) is 5.19 Å². The molecule has 0 aliphatic rings. The van der Waals surface area contributed by atoms with E-state index in [1.165, 1.54) is 11.3 Å². The topological polar surface area (TPSA) is 22.1 Å². The van der Waals surface area contributed by atoms with Gasteiger partial charge in [-0.3, -0.25) is 0 Å². The Morgan fingerprint density at radius 2 is 2.20 bits per heavy atom. The third-order valence-electron chi connectivity index (χ3n) is 0.803. The predicted molar refractivity (Wildman–Crippen MR) is 42.5 cm³/mol. The quantitative estimate of drug-likeness (QED) is 0.624. The van der Waals surface area contributed by atoms with Gasteiger partial charge in [-0.2, -0.15) is 0 Å². The zero-order valence-electron chi connectivity index (χ0n) is 6.42. The van der Waals surface area contributed by atoms with Crippen molar-refractivity contribution in [1.82, 2.24) is 4.98 Å². The minimum Gasteiger partial charge on any atom is -0.464 e. The largest absolute Gasteiger partial charge is 0.464 e. The van der Waals surface area contributed by atoms with Gasteiger partial charge >= 0.3 is 0 Å². The van der Waals surface area contributed by atoms with Crippen molar-refractivity contribution in [3.63, 3.8) is 0 Å². The Balaban J connectivity index is 2.57. The highest BCUT2D eigenvalue weighted by Crippen LogP contribution is 2.19. The number of thiazole rings is 1. The van der Waals surface area contributed by atoms with E-state index in [4.69, 9.17) is 4.74 Å². The molecule has 0 atom stereocenters. The maximum absolute atomic E-state index is 5.45. The van der Waals surface area contributed by atoms with Crippen molar-refractivity contribution in [2.75, 3.05) is 0 Å². The van der Waals surface area contributed by atoms with Crippen LogP contribution in [0.25, 0.3) is 0 Å². The fraction of sp³-hybridized carbons (Fsp3) is 0.571. The summed E-state index contributed by atoms with van der Waals surface area (Å²) in [5, 5.41) is 2.65. The van der Waals surface area contributed by atoms with Gasteiger partial charge in [0.15, 0.2) is 0 Å². The standard InChI is InChI=1S/C7H11NOS/c1-7(2,3)9-6-8-4-5-10-6/h4-5H,1-3H3. The van der Waals surface area contributed by atoms with Crippen molar-refractivity contribution in [3.05, 3.63) is 11.6 Å². The molecule has 3 heteroatoms. The van der Waals surface area contributed by atoms with E-state index in [9.17, 15) is 0 Å². The number of hydrogen-bond acceptors (Lipinski definition) is 3. The van der Waals surface area contributed by atoms with Crippen LogP contribution in [0.4, 0.5) is 0 Å². The van der Waals surface area contributed by atoms with Crippen LogP contribution in [-0.4, -0.2) is 10.6 Å². The van der Waals surface area contributed by atoms with E-state index < -0.39 is 0 Å².